The van der Waals surface area contributed by atoms with Crippen molar-refractivity contribution in [3.63, 3.8) is 0 Å². The molecule has 2 amide bonds. The Balaban J connectivity index is 1.65. The molecule has 0 bridgehead atoms. The van der Waals surface area contributed by atoms with Crippen molar-refractivity contribution in [3.05, 3.63) is 89.9 Å². The highest BCUT2D eigenvalue weighted by atomic mass is 127. The molecule has 36 heavy (non-hydrogen) atoms. The molecule has 3 aromatic carbocycles. The van der Waals surface area contributed by atoms with Gasteiger partial charge in [0.15, 0.2) is 16.6 Å². The van der Waals surface area contributed by atoms with Crippen LogP contribution in [0.15, 0.2) is 64.6 Å². The van der Waals surface area contributed by atoms with Crippen molar-refractivity contribution in [2.75, 3.05) is 12.0 Å². The van der Waals surface area contributed by atoms with Gasteiger partial charge in [-0.05, 0) is 107 Å². The summed E-state index contributed by atoms with van der Waals surface area (Å²) in [6.07, 6.45) is 1.52. The summed E-state index contributed by atoms with van der Waals surface area (Å²) >= 11 is 16.8. The molecule has 1 aliphatic rings. The van der Waals surface area contributed by atoms with Gasteiger partial charge in [-0.1, -0.05) is 39.7 Å². The number of carbonyl (C=O) groups excluding carboxylic acids is 2. The third-order valence-corrected chi connectivity index (χ3v) is 7.19. The average Bonchev–Trinajstić information content (AvgIpc) is 2.83. The van der Waals surface area contributed by atoms with Gasteiger partial charge in [-0.3, -0.25) is 19.8 Å². The summed E-state index contributed by atoms with van der Waals surface area (Å²) in [7, 11) is 1.53. The van der Waals surface area contributed by atoms with Gasteiger partial charge < -0.3 is 9.47 Å². The number of methoxy groups -OCH3 is 1. The number of carbonyl (C=O) groups is 2. The average molecular weight is 698 g/mol. The third kappa shape index (κ3) is 5.74. The number of nitrogens with zero attached hydrogens (tertiary/aromatic N) is 1. The Labute approximate surface area is 240 Å². The van der Waals surface area contributed by atoms with Crippen molar-refractivity contribution in [2.45, 2.75) is 13.5 Å². The van der Waals surface area contributed by atoms with Crippen molar-refractivity contribution in [1.82, 2.24) is 5.32 Å². The lowest BCUT2D eigenvalue weighted by molar-refractivity contribution is -0.122. The molecule has 0 spiro atoms. The molecule has 1 heterocycles. The maximum absolute atomic E-state index is 13.4. The second-order valence-electron chi connectivity index (χ2n) is 7.84. The van der Waals surface area contributed by atoms with E-state index in [2.05, 4.69) is 43.8 Å². The standard InChI is InChI=1S/C26H19BrClIN2O4S/c1-14-9-17(27)5-8-21(14)31-25(33)19(24(32)30-26(31)36)10-16-11-20(29)23(22(12-16)34-2)35-13-15-3-6-18(28)7-4-15/h3-12H,13H2,1-2H3,(H,30,32,36)/b19-10-. The minimum absolute atomic E-state index is 0.0330. The minimum Gasteiger partial charge on any atom is -0.493 e. The fourth-order valence-corrected chi connectivity index (χ4v) is 5.27. The zero-order chi connectivity index (χ0) is 26.0. The molecular formula is C26H19BrClIN2O4S. The number of halogens is 3. The summed E-state index contributed by atoms with van der Waals surface area (Å²) in [4.78, 5) is 27.5. The van der Waals surface area contributed by atoms with E-state index in [-0.39, 0.29) is 10.7 Å². The lowest BCUT2D eigenvalue weighted by atomic mass is 10.1. The van der Waals surface area contributed by atoms with E-state index < -0.39 is 11.8 Å². The van der Waals surface area contributed by atoms with E-state index in [4.69, 9.17) is 33.3 Å². The molecule has 1 saturated heterocycles. The van der Waals surface area contributed by atoms with Crippen molar-refractivity contribution in [1.29, 1.82) is 0 Å². The molecule has 0 unspecified atom stereocenters. The summed E-state index contributed by atoms with van der Waals surface area (Å²) in [5.41, 5.74) is 2.94. The van der Waals surface area contributed by atoms with Crippen LogP contribution < -0.4 is 19.7 Å². The summed E-state index contributed by atoms with van der Waals surface area (Å²) in [5, 5.41) is 3.30. The molecule has 10 heteroatoms. The zero-order valence-electron chi connectivity index (χ0n) is 19.1. The Morgan fingerprint density at radius 3 is 2.53 bits per heavy atom. The van der Waals surface area contributed by atoms with Gasteiger partial charge in [-0.15, -0.1) is 0 Å². The van der Waals surface area contributed by atoms with Crippen LogP contribution >= 0.6 is 62.3 Å². The molecule has 3 aromatic rings. The first-order valence-corrected chi connectivity index (χ1v) is 13.3. The molecule has 4 rings (SSSR count). The smallest absolute Gasteiger partial charge is 0.270 e. The van der Waals surface area contributed by atoms with Crippen LogP contribution in [0.2, 0.25) is 5.02 Å². The quantitative estimate of drug-likeness (QED) is 0.139. The topological polar surface area (TPSA) is 67.9 Å². The SMILES string of the molecule is COc1cc(/C=C2/C(=O)NC(=S)N(c3ccc(Br)cc3C)C2=O)cc(I)c1OCc1ccc(Cl)cc1. The number of amides is 2. The molecule has 1 aliphatic heterocycles. The maximum atomic E-state index is 13.4. The number of ether oxygens (including phenoxy) is 2. The van der Waals surface area contributed by atoms with Crippen molar-refractivity contribution >= 4 is 91.0 Å². The van der Waals surface area contributed by atoms with Gasteiger partial charge >= 0.3 is 0 Å². The normalized spacial score (nSPS) is 14.8. The number of anilines is 1. The van der Waals surface area contributed by atoms with E-state index in [1.54, 1.807) is 24.3 Å². The van der Waals surface area contributed by atoms with E-state index in [1.807, 2.05) is 37.3 Å². The number of nitrogens with one attached hydrogen (secondary N) is 1. The van der Waals surface area contributed by atoms with E-state index in [0.29, 0.717) is 34.4 Å². The van der Waals surface area contributed by atoms with Crippen LogP contribution in [-0.2, 0) is 16.2 Å². The molecule has 6 nitrogen and oxygen atoms in total. The number of hydrogen-bond donors (Lipinski definition) is 1. The first-order valence-electron chi connectivity index (χ1n) is 10.6. The van der Waals surface area contributed by atoms with Gasteiger partial charge in [0.2, 0.25) is 0 Å². The first kappa shape index (κ1) is 26.6. The van der Waals surface area contributed by atoms with Gasteiger partial charge in [-0.2, -0.15) is 0 Å². The molecular weight excluding hydrogens is 679 g/mol. The molecule has 1 N–H and O–H groups in total. The van der Waals surface area contributed by atoms with Crippen molar-refractivity contribution < 1.29 is 19.1 Å². The number of thiocarbonyl (C=S) groups is 1. The lowest BCUT2D eigenvalue weighted by Gasteiger charge is -2.30. The van der Waals surface area contributed by atoms with Crippen LogP contribution in [-0.4, -0.2) is 24.0 Å². The van der Waals surface area contributed by atoms with Crippen LogP contribution in [0.3, 0.4) is 0 Å². The largest absolute Gasteiger partial charge is 0.493 e. The van der Waals surface area contributed by atoms with Gasteiger partial charge in [0, 0.05) is 9.50 Å². The monoisotopic (exact) mass is 696 g/mol. The van der Waals surface area contributed by atoms with Gasteiger partial charge in [-0.25, -0.2) is 0 Å². The maximum Gasteiger partial charge on any atom is 0.270 e. The van der Waals surface area contributed by atoms with E-state index in [1.165, 1.54) is 18.1 Å². The molecule has 0 radical (unpaired) electrons. The second-order valence-corrected chi connectivity index (χ2v) is 10.7. The predicted molar refractivity (Wildman–Crippen MR) is 157 cm³/mol. The van der Waals surface area contributed by atoms with Crippen molar-refractivity contribution in [3.8, 4) is 11.5 Å². The van der Waals surface area contributed by atoms with Crippen LogP contribution in [0.5, 0.6) is 11.5 Å². The van der Waals surface area contributed by atoms with E-state index >= 15 is 0 Å². The molecule has 0 atom stereocenters. The molecule has 0 aliphatic carbocycles. The molecule has 184 valence electrons. The first-order chi connectivity index (χ1) is 17.2. The highest BCUT2D eigenvalue weighted by Gasteiger charge is 2.35. The zero-order valence-corrected chi connectivity index (χ0v) is 24.4. The Morgan fingerprint density at radius 2 is 1.86 bits per heavy atom. The summed E-state index contributed by atoms with van der Waals surface area (Å²) in [6.45, 7) is 2.19. The fourth-order valence-electron chi connectivity index (χ4n) is 3.61. The third-order valence-electron chi connectivity index (χ3n) is 5.36. The predicted octanol–water partition coefficient (Wildman–Crippen LogP) is 6.43. The fraction of sp³-hybridized carbons (Fsp3) is 0.115. The Bertz CT molecular complexity index is 1410. The number of hydrogen-bond acceptors (Lipinski definition) is 5. The molecule has 0 saturated carbocycles. The molecule has 1 fully saturated rings. The van der Waals surface area contributed by atoms with E-state index in [9.17, 15) is 9.59 Å². The highest BCUT2D eigenvalue weighted by molar-refractivity contribution is 14.1. The summed E-state index contributed by atoms with van der Waals surface area (Å²) < 4.78 is 13.2. The van der Waals surface area contributed by atoms with Crippen molar-refractivity contribution in [2.24, 2.45) is 0 Å². The van der Waals surface area contributed by atoms with Crippen LogP contribution in [0, 0.1) is 10.5 Å². The number of aryl methyl sites for hydroxylation is 1. The number of benzene rings is 3. The minimum atomic E-state index is -0.562. The highest BCUT2D eigenvalue weighted by Crippen LogP contribution is 2.36. The van der Waals surface area contributed by atoms with Gasteiger partial charge in [0.05, 0.1) is 16.4 Å². The number of rotatable bonds is 6. The van der Waals surface area contributed by atoms with Crippen LogP contribution in [0.4, 0.5) is 5.69 Å². The van der Waals surface area contributed by atoms with Gasteiger partial charge in [0.1, 0.15) is 12.2 Å². The van der Waals surface area contributed by atoms with Crippen LogP contribution in [0.25, 0.3) is 6.08 Å². The summed E-state index contributed by atoms with van der Waals surface area (Å²) in [5.74, 6) is -0.0373. The second kappa shape index (κ2) is 11.3. The van der Waals surface area contributed by atoms with E-state index in [0.717, 1.165) is 19.2 Å². The lowest BCUT2D eigenvalue weighted by Crippen LogP contribution is -2.54. The van der Waals surface area contributed by atoms with Gasteiger partial charge in [0.25, 0.3) is 11.8 Å². The summed E-state index contributed by atoms with van der Waals surface area (Å²) in [6, 6.07) is 16.4. The van der Waals surface area contributed by atoms with Crippen LogP contribution in [0.1, 0.15) is 16.7 Å². The molecule has 0 aromatic heterocycles. The Morgan fingerprint density at radius 1 is 1.14 bits per heavy atom. The Kier molecular flexibility index (Phi) is 8.34. The Hall–Kier alpha value is -2.47.